The number of carbonyl (C=O) groups is 1. The lowest BCUT2D eigenvalue weighted by Gasteiger charge is -2.10. The van der Waals surface area contributed by atoms with Crippen molar-refractivity contribution in [2.45, 2.75) is 0 Å². The van der Waals surface area contributed by atoms with Gasteiger partial charge in [-0.3, -0.25) is 0 Å². The molecule has 0 spiro atoms. The summed E-state index contributed by atoms with van der Waals surface area (Å²) < 4.78 is 17.4. The second-order valence-electron chi connectivity index (χ2n) is 3.74. The molecule has 0 saturated carbocycles. The first-order valence-electron chi connectivity index (χ1n) is 5.47. The van der Waals surface area contributed by atoms with Crippen LogP contribution in [0.5, 0.6) is 0 Å². The second kappa shape index (κ2) is 5.34. The summed E-state index contributed by atoms with van der Waals surface area (Å²) in [7, 11) is 1.27. The number of rotatable bonds is 3. The monoisotopic (exact) mass is 261 g/mol. The van der Waals surface area contributed by atoms with Gasteiger partial charge >= 0.3 is 5.97 Å². The maximum atomic E-state index is 12.8. The Morgan fingerprint density at radius 3 is 2.63 bits per heavy atom. The van der Waals surface area contributed by atoms with Gasteiger partial charge in [-0.15, -0.1) is 0 Å². The Balaban J connectivity index is 2.30. The third-order valence-corrected chi connectivity index (χ3v) is 2.50. The molecule has 0 amide bonds. The Labute approximate surface area is 109 Å². The molecular weight excluding hydrogens is 249 g/mol. The van der Waals surface area contributed by atoms with Crippen LogP contribution in [-0.4, -0.2) is 18.1 Å². The molecule has 0 radical (unpaired) electrons. The number of esters is 1. The maximum absolute atomic E-state index is 12.8. The van der Waals surface area contributed by atoms with E-state index in [4.69, 9.17) is 5.73 Å². The molecule has 0 aliphatic rings. The molecular formula is C13H12FN3O2. The van der Waals surface area contributed by atoms with E-state index in [1.54, 1.807) is 12.1 Å². The van der Waals surface area contributed by atoms with Crippen LogP contribution in [0.25, 0.3) is 0 Å². The van der Waals surface area contributed by atoms with Crippen molar-refractivity contribution in [1.82, 2.24) is 4.98 Å². The van der Waals surface area contributed by atoms with Gasteiger partial charge in [0.1, 0.15) is 5.82 Å². The maximum Gasteiger partial charge on any atom is 0.340 e. The molecule has 98 valence electrons. The molecule has 0 aliphatic heterocycles. The van der Waals surface area contributed by atoms with Gasteiger partial charge in [-0.2, -0.15) is 0 Å². The van der Waals surface area contributed by atoms with E-state index in [9.17, 15) is 9.18 Å². The SMILES string of the molecule is COC(=O)c1ccnc(Nc2ccc(F)cc2)c1N. The molecule has 19 heavy (non-hydrogen) atoms. The molecule has 0 aliphatic carbocycles. The molecule has 1 aromatic carbocycles. The molecule has 1 aromatic heterocycles. The summed E-state index contributed by atoms with van der Waals surface area (Å²) in [4.78, 5) is 15.5. The third kappa shape index (κ3) is 2.79. The number of ether oxygens (including phenoxy) is 1. The zero-order valence-electron chi connectivity index (χ0n) is 10.2. The third-order valence-electron chi connectivity index (χ3n) is 2.50. The number of anilines is 3. The van der Waals surface area contributed by atoms with Crippen LogP contribution in [0, 0.1) is 5.82 Å². The van der Waals surface area contributed by atoms with Gasteiger partial charge < -0.3 is 15.8 Å². The van der Waals surface area contributed by atoms with Gasteiger partial charge in [-0.05, 0) is 30.3 Å². The summed E-state index contributed by atoms with van der Waals surface area (Å²) in [6.07, 6.45) is 1.44. The van der Waals surface area contributed by atoms with Crippen LogP contribution in [-0.2, 0) is 4.74 Å². The average Bonchev–Trinajstić information content (AvgIpc) is 2.43. The molecule has 0 atom stereocenters. The molecule has 5 nitrogen and oxygen atoms in total. The highest BCUT2D eigenvalue weighted by atomic mass is 19.1. The fraction of sp³-hybridized carbons (Fsp3) is 0.0769. The summed E-state index contributed by atoms with van der Waals surface area (Å²) in [6.45, 7) is 0. The van der Waals surface area contributed by atoms with Crippen molar-refractivity contribution in [3.63, 3.8) is 0 Å². The molecule has 6 heteroatoms. The van der Waals surface area contributed by atoms with Gasteiger partial charge in [0.15, 0.2) is 5.82 Å². The van der Waals surface area contributed by atoms with Crippen LogP contribution >= 0.6 is 0 Å². The summed E-state index contributed by atoms with van der Waals surface area (Å²) in [5.41, 5.74) is 6.85. The van der Waals surface area contributed by atoms with Gasteiger partial charge in [-0.25, -0.2) is 14.2 Å². The summed E-state index contributed by atoms with van der Waals surface area (Å²) in [6, 6.07) is 7.17. The zero-order chi connectivity index (χ0) is 13.8. The molecule has 1 heterocycles. The van der Waals surface area contributed by atoms with Gasteiger partial charge in [0.05, 0.1) is 18.4 Å². The predicted molar refractivity (Wildman–Crippen MR) is 69.7 cm³/mol. The minimum absolute atomic E-state index is 0.179. The number of nitrogens with two attached hydrogens (primary N) is 1. The lowest BCUT2D eigenvalue weighted by Crippen LogP contribution is -2.08. The number of methoxy groups -OCH3 is 1. The first-order chi connectivity index (χ1) is 9.11. The van der Waals surface area contributed by atoms with E-state index in [0.717, 1.165) is 0 Å². The van der Waals surface area contributed by atoms with Crippen molar-refractivity contribution in [3.05, 3.63) is 47.9 Å². The van der Waals surface area contributed by atoms with Gasteiger partial charge in [-0.1, -0.05) is 0 Å². The zero-order valence-corrected chi connectivity index (χ0v) is 10.2. The number of carbonyl (C=O) groups excluding carboxylic acids is 1. The van der Waals surface area contributed by atoms with Crippen molar-refractivity contribution < 1.29 is 13.9 Å². The van der Waals surface area contributed by atoms with Crippen LogP contribution in [0.1, 0.15) is 10.4 Å². The highest BCUT2D eigenvalue weighted by molar-refractivity contribution is 5.97. The van der Waals surface area contributed by atoms with Gasteiger partial charge in [0.2, 0.25) is 0 Å². The van der Waals surface area contributed by atoms with Gasteiger partial charge in [0.25, 0.3) is 0 Å². The van der Waals surface area contributed by atoms with E-state index in [1.165, 1.54) is 31.5 Å². The summed E-state index contributed by atoms with van der Waals surface area (Å²) in [5.74, 6) is -0.564. The van der Waals surface area contributed by atoms with Crippen molar-refractivity contribution >= 4 is 23.2 Å². The van der Waals surface area contributed by atoms with Crippen LogP contribution in [0.4, 0.5) is 21.6 Å². The van der Waals surface area contributed by atoms with Crippen LogP contribution in [0.2, 0.25) is 0 Å². The second-order valence-corrected chi connectivity index (χ2v) is 3.74. The van der Waals surface area contributed by atoms with Crippen molar-refractivity contribution in [2.24, 2.45) is 0 Å². The topological polar surface area (TPSA) is 77.2 Å². The Morgan fingerprint density at radius 2 is 2.00 bits per heavy atom. The predicted octanol–water partition coefficient (Wildman–Crippen LogP) is 2.33. The van der Waals surface area contributed by atoms with E-state index in [2.05, 4.69) is 15.0 Å². The molecule has 0 unspecified atom stereocenters. The van der Waals surface area contributed by atoms with E-state index < -0.39 is 5.97 Å². The van der Waals surface area contributed by atoms with E-state index >= 15 is 0 Å². The van der Waals surface area contributed by atoms with E-state index in [1.807, 2.05) is 0 Å². The van der Waals surface area contributed by atoms with Crippen molar-refractivity contribution in [1.29, 1.82) is 0 Å². The highest BCUT2D eigenvalue weighted by Gasteiger charge is 2.13. The molecule has 0 fully saturated rings. The molecule has 3 N–H and O–H groups in total. The van der Waals surface area contributed by atoms with Crippen LogP contribution < -0.4 is 11.1 Å². The number of hydrogen-bond acceptors (Lipinski definition) is 5. The number of aromatic nitrogens is 1. The number of nitrogen functional groups attached to an aromatic ring is 1. The quantitative estimate of drug-likeness (QED) is 0.829. The van der Waals surface area contributed by atoms with Crippen LogP contribution in [0.15, 0.2) is 36.5 Å². The smallest absolute Gasteiger partial charge is 0.340 e. The standard InChI is InChI=1S/C13H12FN3O2/c1-19-13(18)10-6-7-16-12(11(10)15)17-9-4-2-8(14)3-5-9/h2-7H,15H2,1H3,(H,16,17). The Bertz CT molecular complexity index is 599. The first-order valence-corrected chi connectivity index (χ1v) is 5.47. The van der Waals surface area contributed by atoms with Crippen molar-refractivity contribution in [2.75, 3.05) is 18.2 Å². The molecule has 0 saturated heterocycles. The number of nitrogens with zero attached hydrogens (tertiary/aromatic N) is 1. The molecule has 2 aromatic rings. The summed E-state index contributed by atoms with van der Waals surface area (Å²) >= 11 is 0. The van der Waals surface area contributed by atoms with E-state index in [-0.39, 0.29) is 17.1 Å². The normalized spacial score (nSPS) is 10.0. The fourth-order valence-corrected chi connectivity index (χ4v) is 1.53. The molecule has 2 rings (SSSR count). The first kappa shape index (κ1) is 12.8. The number of halogens is 1. The lowest BCUT2D eigenvalue weighted by molar-refractivity contribution is 0.0602. The average molecular weight is 261 g/mol. The Kier molecular flexibility index (Phi) is 3.61. The highest BCUT2D eigenvalue weighted by Crippen LogP contribution is 2.24. The lowest BCUT2D eigenvalue weighted by atomic mass is 10.2. The van der Waals surface area contributed by atoms with E-state index in [0.29, 0.717) is 11.5 Å². The number of benzene rings is 1. The summed E-state index contributed by atoms with van der Waals surface area (Å²) in [5, 5.41) is 2.91. The van der Waals surface area contributed by atoms with Crippen molar-refractivity contribution in [3.8, 4) is 0 Å². The number of nitrogens with one attached hydrogen (secondary N) is 1. The minimum atomic E-state index is -0.540. The number of pyridine rings is 1. The fourth-order valence-electron chi connectivity index (χ4n) is 1.53. The minimum Gasteiger partial charge on any atom is -0.465 e. The Hall–Kier alpha value is -2.63. The Morgan fingerprint density at radius 1 is 1.32 bits per heavy atom. The van der Waals surface area contributed by atoms with Crippen LogP contribution in [0.3, 0.4) is 0 Å². The largest absolute Gasteiger partial charge is 0.465 e. The molecule has 0 bridgehead atoms. The van der Waals surface area contributed by atoms with Gasteiger partial charge in [0, 0.05) is 11.9 Å². The number of hydrogen-bond donors (Lipinski definition) is 2.